The molecule has 5 unspecified atom stereocenters. The van der Waals surface area contributed by atoms with E-state index in [1.165, 1.54) is 0 Å². The van der Waals surface area contributed by atoms with Crippen molar-refractivity contribution in [2.24, 2.45) is 5.41 Å². The van der Waals surface area contributed by atoms with E-state index in [1.54, 1.807) is 20.8 Å². The molecule has 28 heteroatoms. The molecule has 4 rings (SSSR count). The Balaban J connectivity index is 1.87. The molecule has 5 atom stereocenters. The summed E-state index contributed by atoms with van der Waals surface area (Å²) in [6.07, 6.45) is 0.385. The standard InChI is InChI=1S/C36H46F12O13Si3/c1-11-28(2,3)27(49)57-19-14-20-62(52-6,53-7)60-64(56-10,26-18-13-16-24(22-26)59-36(48)32(43,44)30(39,40)34(36,46)51-5)61-63(54-8,55-9)25-17-12-15-23(21-25)58-35(47)31(41,42)29(37,38)33(35,45)50-4/h12-13,15-18,21-22H,11,14,19-20H2,1-10H3. The van der Waals surface area contributed by atoms with Gasteiger partial charge in [0.05, 0.1) is 12.0 Å². The van der Waals surface area contributed by atoms with Crippen molar-refractivity contribution in [3.05, 3.63) is 48.5 Å². The monoisotopic (exact) mass is 998 g/mol. The van der Waals surface area contributed by atoms with Gasteiger partial charge in [-0.3, -0.25) is 4.79 Å². The van der Waals surface area contributed by atoms with Gasteiger partial charge in [0.2, 0.25) is 0 Å². The zero-order valence-electron chi connectivity index (χ0n) is 35.8. The molecule has 0 saturated heterocycles. The molecule has 0 aromatic heterocycles. The number of hydrogen-bond donors (Lipinski definition) is 0. The number of esters is 1. The molecule has 2 aromatic carbocycles. The Labute approximate surface area is 362 Å². The van der Waals surface area contributed by atoms with Gasteiger partial charge in [0.1, 0.15) is 11.5 Å². The lowest BCUT2D eigenvalue weighted by Crippen LogP contribution is -2.88. The molecule has 2 fully saturated rings. The van der Waals surface area contributed by atoms with Crippen LogP contribution in [0.2, 0.25) is 6.04 Å². The van der Waals surface area contributed by atoms with E-state index >= 15 is 17.6 Å². The van der Waals surface area contributed by atoms with Gasteiger partial charge in [0.25, 0.3) is 0 Å². The number of halogens is 12. The number of alkyl halides is 12. The lowest BCUT2D eigenvalue weighted by molar-refractivity contribution is -0.538. The average molecular weight is 999 g/mol. The predicted octanol–water partition coefficient (Wildman–Crippen LogP) is 6.53. The van der Waals surface area contributed by atoms with Gasteiger partial charge in [-0.05, 0) is 51.0 Å². The molecule has 13 nitrogen and oxygen atoms in total. The van der Waals surface area contributed by atoms with Crippen molar-refractivity contribution in [3.8, 4) is 11.5 Å². The maximum atomic E-state index is 15.8. The Bertz CT molecular complexity index is 1990. The summed E-state index contributed by atoms with van der Waals surface area (Å²) in [5.74, 6) is -46.1. The third-order valence-electron chi connectivity index (χ3n) is 11.0. The highest BCUT2D eigenvalue weighted by molar-refractivity contribution is 6.91. The van der Waals surface area contributed by atoms with Gasteiger partial charge < -0.3 is 54.0 Å². The second kappa shape index (κ2) is 17.9. The summed E-state index contributed by atoms with van der Waals surface area (Å²) >= 11 is 0. The van der Waals surface area contributed by atoms with Crippen LogP contribution in [0.15, 0.2) is 48.5 Å². The summed E-state index contributed by atoms with van der Waals surface area (Å²) in [5, 5.41) is -0.872. The van der Waals surface area contributed by atoms with Gasteiger partial charge in [-0.2, -0.15) is 52.7 Å². The highest BCUT2D eigenvalue weighted by Gasteiger charge is 3.03. The molecule has 0 spiro atoms. The van der Waals surface area contributed by atoms with Crippen LogP contribution in [0.3, 0.4) is 0 Å². The van der Waals surface area contributed by atoms with Crippen LogP contribution < -0.4 is 19.8 Å². The van der Waals surface area contributed by atoms with Gasteiger partial charge in [-0.25, -0.2) is 0 Å². The second-order valence-electron chi connectivity index (χ2n) is 14.8. The van der Waals surface area contributed by atoms with Gasteiger partial charge in [-0.15, -0.1) is 0 Å². The number of carbonyl (C=O) groups excluding carboxylic acids is 1. The van der Waals surface area contributed by atoms with Crippen molar-refractivity contribution in [1.29, 1.82) is 0 Å². The molecular formula is C36H46F12O13Si3. The van der Waals surface area contributed by atoms with Crippen molar-refractivity contribution in [3.63, 3.8) is 0 Å². The van der Waals surface area contributed by atoms with Crippen molar-refractivity contribution >= 4 is 42.8 Å². The van der Waals surface area contributed by atoms with Gasteiger partial charge in [0, 0.05) is 66.2 Å². The molecule has 0 aliphatic heterocycles. The third-order valence-corrected chi connectivity index (χ3v) is 21.3. The van der Waals surface area contributed by atoms with Gasteiger partial charge in [-0.1, -0.05) is 31.2 Å². The normalized spacial score (nSPS) is 28.0. The first-order valence-corrected chi connectivity index (χ1v) is 24.1. The summed E-state index contributed by atoms with van der Waals surface area (Å²) in [7, 11) is -8.98. The van der Waals surface area contributed by atoms with Crippen LogP contribution in [0.4, 0.5) is 52.7 Å². The molecule has 0 bridgehead atoms. The molecule has 0 heterocycles. The van der Waals surface area contributed by atoms with Crippen LogP contribution in [0.1, 0.15) is 33.6 Å². The van der Waals surface area contributed by atoms with E-state index in [0.29, 0.717) is 18.6 Å². The smallest absolute Gasteiger partial charge is 0.465 e. The van der Waals surface area contributed by atoms with Crippen LogP contribution in [0, 0.1) is 5.41 Å². The SMILES string of the molecule is CCC(C)(C)C(=O)OCCC[Si](OC)(OC)O[Si](OC)(O[Si](OC)(OC)c1cccc(OC2(F)C(F)(F)C(F)(F)C2(F)OC)c1)c1cccc(OC2(F)C(F)(F)C(F)(F)C2(F)OC)c1. The van der Waals surface area contributed by atoms with Crippen molar-refractivity contribution in [2.75, 3.05) is 56.4 Å². The van der Waals surface area contributed by atoms with Crippen LogP contribution in [0.5, 0.6) is 11.5 Å². The number of rotatable bonds is 23. The summed E-state index contributed by atoms with van der Waals surface area (Å²) < 4.78 is 241. The summed E-state index contributed by atoms with van der Waals surface area (Å²) in [6, 6.07) is 6.66. The molecule has 2 aromatic rings. The number of methoxy groups -OCH3 is 2. The van der Waals surface area contributed by atoms with Gasteiger partial charge in [0.15, 0.2) is 0 Å². The third kappa shape index (κ3) is 7.65. The minimum absolute atomic E-state index is 0.0389. The fraction of sp³-hybridized carbons (Fsp3) is 0.639. The highest BCUT2D eigenvalue weighted by atomic mass is 28.5. The van der Waals surface area contributed by atoms with Crippen LogP contribution in [-0.2, 0) is 49.4 Å². The Hall–Kier alpha value is -3.04. The molecule has 0 N–H and O–H groups in total. The minimum atomic E-state index is -5.82. The van der Waals surface area contributed by atoms with E-state index in [9.17, 15) is 39.9 Å². The Kier molecular flexibility index (Phi) is 15.0. The predicted molar refractivity (Wildman–Crippen MR) is 202 cm³/mol. The van der Waals surface area contributed by atoms with E-state index in [2.05, 4.69) is 18.9 Å². The maximum absolute atomic E-state index is 15.8. The summed E-state index contributed by atoms with van der Waals surface area (Å²) in [6.45, 7) is 4.83. The molecule has 0 radical (unpaired) electrons. The highest BCUT2D eigenvalue weighted by Crippen LogP contribution is 2.69. The molecular weight excluding hydrogens is 953 g/mol. The van der Waals surface area contributed by atoms with E-state index in [-0.39, 0.29) is 33.3 Å². The second-order valence-corrected chi connectivity index (χ2v) is 23.8. The zero-order chi connectivity index (χ0) is 48.9. The van der Waals surface area contributed by atoms with E-state index in [4.69, 9.17) is 35.1 Å². The molecule has 364 valence electrons. The molecule has 2 saturated carbocycles. The largest absolute Gasteiger partial charge is 0.529 e. The first-order valence-electron chi connectivity index (χ1n) is 18.7. The number of ether oxygens (including phenoxy) is 5. The summed E-state index contributed by atoms with van der Waals surface area (Å²) in [5.41, 5.74) is -0.862. The lowest BCUT2D eigenvalue weighted by atomic mass is 9.76. The van der Waals surface area contributed by atoms with E-state index < -0.39 is 107 Å². The molecule has 0 amide bonds. The topological polar surface area (TPSA) is 128 Å². The van der Waals surface area contributed by atoms with Crippen LogP contribution >= 0.6 is 0 Å². The molecule has 2 aliphatic rings. The Morgan fingerprint density at radius 3 is 1.31 bits per heavy atom. The molecule has 64 heavy (non-hydrogen) atoms. The average Bonchev–Trinajstić information content (AvgIpc) is 3.27. The Morgan fingerprint density at radius 1 is 0.562 bits per heavy atom. The van der Waals surface area contributed by atoms with E-state index in [0.717, 1.165) is 71.9 Å². The van der Waals surface area contributed by atoms with Crippen LogP contribution in [-0.4, -0.2) is 136 Å². The molecule has 2 aliphatic carbocycles. The number of carbonyl (C=O) groups is 1. The van der Waals surface area contributed by atoms with E-state index in [1.807, 2.05) is 0 Å². The number of hydrogen-bond acceptors (Lipinski definition) is 13. The number of benzene rings is 2. The first-order chi connectivity index (χ1) is 29.4. The minimum Gasteiger partial charge on any atom is -0.465 e. The summed E-state index contributed by atoms with van der Waals surface area (Å²) in [4.78, 5) is 12.7. The first kappa shape index (κ1) is 53.6. The Morgan fingerprint density at radius 2 is 0.953 bits per heavy atom. The maximum Gasteiger partial charge on any atom is 0.529 e. The fourth-order valence-corrected chi connectivity index (χ4v) is 17.2. The van der Waals surface area contributed by atoms with Gasteiger partial charge >= 0.3 is 79.5 Å². The van der Waals surface area contributed by atoms with Crippen molar-refractivity contribution in [2.45, 2.75) is 86.8 Å². The quantitative estimate of drug-likeness (QED) is 0.0519. The van der Waals surface area contributed by atoms with Crippen LogP contribution in [0.25, 0.3) is 0 Å². The lowest BCUT2D eigenvalue weighted by Gasteiger charge is -2.55. The fourth-order valence-electron chi connectivity index (χ4n) is 6.49. The van der Waals surface area contributed by atoms with Crippen molar-refractivity contribution in [1.82, 2.24) is 0 Å². The zero-order valence-corrected chi connectivity index (χ0v) is 38.8. The van der Waals surface area contributed by atoms with Crippen molar-refractivity contribution < 1.29 is 112 Å².